The second kappa shape index (κ2) is 5.30. The minimum absolute atomic E-state index is 0.0181. The summed E-state index contributed by atoms with van der Waals surface area (Å²) in [7, 11) is 0. The van der Waals surface area contributed by atoms with E-state index in [0.29, 0.717) is 17.9 Å². The van der Waals surface area contributed by atoms with E-state index in [1.807, 2.05) is 0 Å². The minimum atomic E-state index is -0.305. The Morgan fingerprint density at radius 3 is 2.31 bits per heavy atom. The third-order valence-corrected chi connectivity index (χ3v) is 3.39. The van der Waals surface area contributed by atoms with Gasteiger partial charge < -0.3 is 16.4 Å². The Balaban J connectivity index is 2.18. The molecule has 16 heavy (non-hydrogen) atoms. The molecule has 0 aromatic rings. The minimum Gasteiger partial charge on any atom is -0.354 e. The Kier molecular flexibility index (Phi) is 4.29. The molecule has 4 N–H and O–H groups in total. The number of hydrogen-bond donors (Lipinski definition) is 3. The number of amides is 2. The molecular formula is C11H21N3O2. The normalized spacial score (nSPS) is 17.0. The Hall–Kier alpha value is -1.10. The van der Waals surface area contributed by atoms with Gasteiger partial charge in [0.15, 0.2) is 0 Å². The van der Waals surface area contributed by atoms with Crippen LogP contribution in [0.4, 0.5) is 0 Å². The van der Waals surface area contributed by atoms with Crippen LogP contribution in [0.5, 0.6) is 0 Å². The van der Waals surface area contributed by atoms with Crippen molar-refractivity contribution in [3.63, 3.8) is 0 Å². The fourth-order valence-electron chi connectivity index (χ4n) is 1.71. The molecule has 1 saturated carbocycles. The van der Waals surface area contributed by atoms with Gasteiger partial charge in [-0.3, -0.25) is 9.59 Å². The summed E-state index contributed by atoms with van der Waals surface area (Å²) in [5.41, 5.74) is 5.41. The summed E-state index contributed by atoms with van der Waals surface area (Å²) in [5, 5.41) is 5.29. The van der Waals surface area contributed by atoms with Gasteiger partial charge in [-0.25, -0.2) is 0 Å². The van der Waals surface area contributed by atoms with Crippen LogP contribution in [-0.4, -0.2) is 31.4 Å². The summed E-state index contributed by atoms with van der Waals surface area (Å²) in [5.74, 6) is 0.139. The van der Waals surface area contributed by atoms with Gasteiger partial charge in [-0.1, -0.05) is 13.8 Å². The molecule has 1 rings (SSSR count). The molecule has 0 atom stereocenters. The molecular weight excluding hydrogens is 206 g/mol. The van der Waals surface area contributed by atoms with E-state index >= 15 is 0 Å². The monoisotopic (exact) mass is 227 g/mol. The highest BCUT2D eigenvalue weighted by Crippen LogP contribution is 2.51. The number of hydrogen-bond acceptors (Lipinski definition) is 3. The van der Waals surface area contributed by atoms with Crippen LogP contribution in [0.2, 0.25) is 0 Å². The van der Waals surface area contributed by atoms with Crippen molar-refractivity contribution in [3.8, 4) is 0 Å². The van der Waals surface area contributed by atoms with Gasteiger partial charge in [0.1, 0.15) is 0 Å². The van der Waals surface area contributed by atoms with E-state index in [1.54, 1.807) is 0 Å². The van der Waals surface area contributed by atoms with Gasteiger partial charge in [-0.15, -0.1) is 0 Å². The molecule has 0 unspecified atom stereocenters. The standard InChI is InChI=1S/C11H21N3O2/c1-8(2)11(3-4-11)7-14-10(16)6-13-9(15)5-12/h8H,3-7,12H2,1-2H3,(H,13,15)(H,14,16). The number of nitrogens with two attached hydrogens (primary N) is 1. The number of carbonyl (C=O) groups is 2. The lowest BCUT2D eigenvalue weighted by Gasteiger charge is -2.19. The van der Waals surface area contributed by atoms with Crippen LogP contribution in [0.25, 0.3) is 0 Å². The van der Waals surface area contributed by atoms with Crippen molar-refractivity contribution in [3.05, 3.63) is 0 Å². The van der Waals surface area contributed by atoms with Crippen LogP contribution in [-0.2, 0) is 9.59 Å². The molecule has 0 saturated heterocycles. The van der Waals surface area contributed by atoms with Gasteiger partial charge in [0.25, 0.3) is 0 Å². The predicted octanol–water partition coefficient (Wildman–Crippen LogP) is -0.386. The number of nitrogens with one attached hydrogen (secondary N) is 2. The van der Waals surface area contributed by atoms with E-state index in [2.05, 4.69) is 24.5 Å². The highest BCUT2D eigenvalue weighted by Gasteiger charge is 2.45. The molecule has 0 heterocycles. The zero-order chi connectivity index (χ0) is 12.2. The lowest BCUT2D eigenvalue weighted by molar-refractivity contribution is -0.125. The average Bonchev–Trinajstić information content (AvgIpc) is 3.04. The number of rotatable bonds is 6. The predicted molar refractivity (Wildman–Crippen MR) is 61.6 cm³/mol. The molecule has 0 radical (unpaired) electrons. The molecule has 5 heteroatoms. The quantitative estimate of drug-likeness (QED) is 0.578. The summed E-state index contributed by atoms with van der Waals surface area (Å²) < 4.78 is 0. The zero-order valence-corrected chi connectivity index (χ0v) is 10.0. The van der Waals surface area contributed by atoms with E-state index < -0.39 is 0 Å². The smallest absolute Gasteiger partial charge is 0.239 e. The molecule has 0 aromatic carbocycles. The highest BCUT2D eigenvalue weighted by atomic mass is 16.2. The van der Waals surface area contributed by atoms with E-state index in [9.17, 15) is 9.59 Å². The first-order chi connectivity index (χ1) is 7.50. The molecule has 0 aromatic heterocycles. The molecule has 1 aliphatic carbocycles. The third kappa shape index (κ3) is 3.48. The van der Waals surface area contributed by atoms with Gasteiger partial charge >= 0.3 is 0 Å². The molecule has 5 nitrogen and oxygen atoms in total. The van der Waals surface area contributed by atoms with Crippen molar-refractivity contribution in [1.82, 2.24) is 10.6 Å². The summed E-state index contributed by atoms with van der Waals surface area (Å²) in [6.45, 7) is 5.00. The van der Waals surface area contributed by atoms with Crippen LogP contribution in [0.1, 0.15) is 26.7 Å². The van der Waals surface area contributed by atoms with Crippen LogP contribution < -0.4 is 16.4 Å². The largest absolute Gasteiger partial charge is 0.354 e. The van der Waals surface area contributed by atoms with Gasteiger partial charge in [0, 0.05) is 6.54 Å². The van der Waals surface area contributed by atoms with Crippen molar-refractivity contribution in [2.24, 2.45) is 17.1 Å². The molecule has 1 aliphatic rings. The van der Waals surface area contributed by atoms with Crippen LogP contribution >= 0.6 is 0 Å². The average molecular weight is 227 g/mol. The van der Waals surface area contributed by atoms with E-state index in [0.717, 1.165) is 0 Å². The first-order valence-electron chi connectivity index (χ1n) is 5.73. The Morgan fingerprint density at radius 1 is 1.25 bits per heavy atom. The summed E-state index contributed by atoms with van der Waals surface area (Å²) in [6.07, 6.45) is 2.36. The van der Waals surface area contributed by atoms with Crippen molar-refractivity contribution in [2.45, 2.75) is 26.7 Å². The van der Waals surface area contributed by atoms with Crippen LogP contribution in [0.15, 0.2) is 0 Å². The Morgan fingerprint density at radius 2 is 1.88 bits per heavy atom. The Labute approximate surface area is 96.1 Å². The summed E-state index contributed by atoms with van der Waals surface area (Å²) >= 11 is 0. The van der Waals surface area contributed by atoms with Gasteiger partial charge in [-0.05, 0) is 24.2 Å². The van der Waals surface area contributed by atoms with Gasteiger partial charge in [0.2, 0.25) is 11.8 Å². The second-order valence-electron chi connectivity index (χ2n) is 4.77. The number of carbonyl (C=O) groups excluding carboxylic acids is 2. The van der Waals surface area contributed by atoms with Crippen LogP contribution in [0, 0.1) is 11.3 Å². The topological polar surface area (TPSA) is 84.2 Å². The van der Waals surface area contributed by atoms with E-state index in [-0.39, 0.29) is 24.9 Å². The van der Waals surface area contributed by atoms with E-state index in [4.69, 9.17) is 5.73 Å². The maximum Gasteiger partial charge on any atom is 0.239 e. The molecule has 0 spiro atoms. The second-order valence-corrected chi connectivity index (χ2v) is 4.77. The first kappa shape index (κ1) is 13.0. The van der Waals surface area contributed by atoms with E-state index in [1.165, 1.54) is 12.8 Å². The zero-order valence-electron chi connectivity index (χ0n) is 10.0. The van der Waals surface area contributed by atoms with Gasteiger partial charge in [-0.2, -0.15) is 0 Å². The van der Waals surface area contributed by atoms with Crippen LogP contribution in [0.3, 0.4) is 0 Å². The van der Waals surface area contributed by atoms with Crippen molar-refractivity contribution < 1.29 is 9.59 Å². The molecule has 92 valence electrons. The molecule has 1 fully saturated rings. The SMILES string of the molecule is CC(C)C1(CNC(=O)CNC(=O)CN)CC1. The van der Waals surface area contributed by atoms with Crippen molar-refractivity contribution in [2.75, 3.05) is 19.6 Å². The molecule has 0 aliphatic heterocycles. The lowest BCUT2D eigenvalue weighted by atomic mass is 9.92. The maximum atomic E-state index is 11.4. The van der Waals surface area contributed by atoms with Crippen molar-refractivity contribution >= 4 is 11.8 Å². The first-order valence-corrected chi connectivity index (χ1v) is 5.73. The molecule has 0 bridgehead atoms. The van der Waals surface area contributed by atoms with Crippen molar-refractivity contribution in [1.29, 1.82) is 0 Å². The summed E-state index contributed by atoms with van der Waals surface area (Å²) in [4.78, 5) is 22.2. The maximum absolute atomic E-state index is 11.4. The Bertz CT molecular complexity index is 272. The molecule has 2 amide bonds. The fourth-order valence-corrected chi connectivity index (χ4v) is 1.71. The highest BCUT2D eigenvalue weighted by molar-refractivity contribution is 5.85. The summed E-state index contributed by atoms with van der Waals surface area (Å²) in [6, 6.07) is 0. The van der Waals surface area contributed by atoms with Gasteiger partial charge in [0.05, 0.1) is 13.1 Å². The third-order valence-electron chi connectivity index (χ3n) is 3.39. The fraction of sp³-hybridized carbons (Fsp3) is 0.818. The lowest BCUT2D eigenvalue weighted by Crippen LogP contribution is -2.41.